The smallest absolute Gasteiger partial charge is 0.0950 e. The van der Waals surface area contributed by atoms with E-state index in [1.165, 1.54) is 51.0 Å². The summed E-state index contributed by atoms with van der Waals surface area (Å²) in [4.78, 5) is 6.46. The Kier molecular flexibility index (Phi) is 6.00. The van der Waals surface area contributed by atoms with E-state index in [0.29, 0.717) is 0 Å². The van der Waals surface area contributed by atoms with Crippen molar-refractivity contribution in [1.82, 2.24) is 4.98 Å². The summed E-state index contributed by atoms with van der Waals surface area (Å²) in [5, 5.41) is 1.37. The standard InChI is InChI=1S/C25H22N2.C4H10O/c1-3-11-19-17(8-1)10-7-15-27-23-14-6-2-9-18(23)16-21-20-12-4-5-13-22(20)26-24(21)25(19)27;1-3-5-4-2/h1-6,8-9,11-14,25-26H,7,10,15-16H2;3-4H2,1-2H3/t25-;/m1./s1. The SMILES string of the molecule is CCOCC.c1ccc2c(c1)CCCN1c3ccccc3Cc3c([nH]c4ccccc34)[C@@H]21. The van der Waals surface area contributed by atoms with Crippen LogP contribution in [-0.4, -0.2) is 24.7 Å². The fourth-order valence-electron chi connectivity index (χ4n) is 5.32. The monoisotopic (exact) mass is 424 g/mol. The molecule has 3 heteroatoms. The zero-order chi connectivity index (χ0) is 21.9. The average molecular weight is 425 g/mol. The molecule has 3 heterocycles. The molecule has 0 amide bonds. The summed E-state index contributed by atoms with van der Waals surface area (Å²) >= 11 is 0. The van der Waals surface area contributed by atoms with Crippen molar-refractivity contribution in [3.63, 3.8) is 0 Å². The van der Waals surface area contributed by atoms with Gasteiger partial charge in [-0.15, -0.1) is 0 Å². The third-order valence-corrected chi connectivity index (χ3v) is 6.70. The van der Waals surface area contributed by atoms with Gasteiger partial charge < -0.3 is 14.6 Å². The third-order valence-electron chi connectivity index (χ3n) is 6.70. The molecular weight excluding hydrogens is 392 g/mol. The maximum absolute atomic E-state index is 4.83. The van der Waals surface area contributed by atoms with Gasteiger partial charge in [0, 0.05) is 48.5 Å². The van der Waals surface area contributed by atoms with Crippen LogP contribution in [0.15, 0.2) is 72.8 Å². The number of anilines is 1. The maximum Gasteiger partial charge on any atom is 0.0950 e. The van der Waals surface area contributed by atoms with Crippen LogP contribution in [0.25, 0.3) is 10.9 Å². The highest BCUT2D eigenvalue weighted by Gasteiger charge is 2.34. The first-order chi connectivity index (χ1) is 15.8. The number of benzene rings is 3. The molecule has 0 saturated heterocycles. The van der Waals surface area contributed by atoms with Gasteiger partial charge in [-0.2, -0.15) is 0 Å². The first kappa shape index (κ1) is 20.8. The minimum Gasteiger partial charge on any atom is -0.382 e. The minimum atomic E-state index is 0.259. The number of ether oxygens (including phenoxy) is 1. The summed E-state index contributed by atoms with van der Waals surface area (Å²) in [6.07, 6.45) is 3.34. The second-order valence-electron chi connectivity index (χ2n) is 8.55. The van der Waals surface area contributed by atoms with Crippen LogP contribution in [0, 0.1) is 0 Å². The van der Waals surface area contributed by atoms with Crippen molar-refractivity contribution in [3.8, 4) is 0 Å². The fraction of sp³-hybridized carbons (Fsp3) is 0.310. The van der Waals surface area contributed by atoms with Gasteiger partial charge in [-0.3, -0.25) is 0 Å². The highest BCUT2D eigenvalue weighted by Crippen LogP contribution is 2.44. The molecule has 2 aliphatic heterocycles. The van der Waals surface area contributed by atoms with Crippen LogP contribution < -0.4 is 4.90 Å². The van der Waals surface area contributed by atoms with Crippen LogP contribution in [0.4, 0.5) is 5.69 Å². The number of aryl methyl sites for hydroxylation is 1. The van der Waals surface area contributed by atoms with Gasteiger partial charge in [-0.05, 0) is 61.1 Å². The Labute approximate surface area is 191 Å². The molecule has 0 saturated carbocycles. The topological polar surface area (TPSA) is 28.3 Å². The zero-order valence-electron chi connectivity index (χ0n) is 19.1. The van der Waals surface area contributed by atoms with Crippen molar-refractivity contribution in [2.24, 2.45) is 0 Å². The Morgan fingerprint density at radius 2 is 1.59 bits per heavy atom. The van der Waals surface area contributed by atoms with E-state index in [-0.39, 0.29) is 6.04 Å². The molecule has 0 bridgehead atoms. The van der Waals surface area contributed by atoms with Gasteiger partial charge in [0.05, 0.1) is 6.04 Å². The quantitative estimate of drug-likeness (QED) is 0.390. The first-order valence-corrected chi connectivity index (χ1v) is 11.9. The van der Waals surface area contributed by atoms with Gasteiger partial charge in [0.15, 0.2) is 0 Å². The summed E-state index contributed by atoms with van der Waals surface area (Å²) in [6, 6.07) is 27.0. The average Bonchev–Trinajstić information content (AvgIpc) is 2.99. The van der Waals surface area contributed by atoms with E-state index in [1.54, 1.807) is 0 Å². The molecule has 6 rings (SSSR count). The summed E-state index contributed by atoms with van der Waals surface area (Å²) < 4.78 is 4.83. The molecule has 1 N–H and O–H groups in total. The Morgan fingerprint density at radius 1 is 0.875 bits per heavy atom. The second kappa shape index (κ2) is 9.22. The van der Waals surface area contributed by atoms with Gasteiger partial charge in [0.1, 0.15) is 0 Å². The Bertz CT molecular complexity index is 1210. The van der Waals surface area contributed by atoms with E-state index in [0.717, 1.165) is 32.6 Å². The number of hydrogen-bond acceptors (Lipinski definition) is 2. The van der Waals surface area contributed by atoms with Crippen molar-refractivity contribution in [2.45, 2.75) is 39.2 Å². The van der Waals surface area contributed by atoms with Crippen molar-refractivity contribution in [1.29, 1.82) is 0 Å². The molecule has 1 atom stereocenters. The van der Waals surface area contributed by atoms with Gasteiger partial charge >= 0.3 is 0 Å². The molecule has 3 aromatic carbocycles. The van der Waals surface area contributed by atoms with E-state index < -0.39 is 0 Å². The summed E-state index contributed by atoms with van der Waals surface area (Å²) in [5.74, 6) is 0. The number of rotatable bonds is 2. The third kappa shape index (κ3) is 3.71. The van der Waals surface area contributed by atoms with Crippen LogP contribution in [0.5, 0.6) is 0 Å². The fourth-order valence-corrected chi connectivity index (χ4v) is 5.32. The number of H-pyrrole nitrogens is 1. The Balaban J connectivity index is 0.000000393. The highest BCUT2D eigenvalue weighted by molar-refractivity contribution is 5.86. The molecule has 3 nitrogen and oxygen atoms in total. The van der Waals surface area contributed by atoms with E-state index in [9.17, 15) is 0 Å². The molecule has 2 aliphatic rings. The molecule has 32 heavy (non-hydrogen) atoms. The molecule has 0 aliphatic carbocycles. The highest BCUT2D eigenvalue weighted by atomic mass is 16.5. The number of aromatic nitrogens is 1. The maximum atomic E-state index is 4.83. The van der Waals surface area contributed by atoms with E-state index >= 15 is 0 Å². The predicted octanol–water partition coefficient (Wildman–Crippen LogP) is 6.66. The molecule has 164 valence electrons. The normalized spacial score (nSPS) is 16.6. The lowest BCUT2D eigenvalue weighted by Gasteiger charge is -2.32. The lowest BCUT2D eigenvalue weighted by atomic mass is 9.94. The number of hydrogen-bond donors (Lipinski definition) is 1. The molecule has 1 aromatic heterocycles. The minimum absolute atomic E-state index is 0.259. The van der Waals surface area contributed by atoms with Crippen molar-refractivity contribution in [3.05, 3.63) is 101 Å². The lowest BCUT2D eigenvalue weighted by molar-refractivity contribution is 0.162. The number of para-hydroxylation sites is 2. The van der Waals surface area contributed by atoms with Crippen molar-refractivity contribution in [2.75, 3.05) is 24.7 Å². The number of nitrogens with one attached hydrogen (secondary N) is 1. The first-order valence-electron chi connectivity index (χ1n) is 11.9. The van der Waals surface area contributed by atoms with Crippen LogP contribution in [0.3, 0.4) is 0 Å². The molecule has 0 unspecified atom stereocenters. The van der Waals surface area contributed by atoms with Crippen LogP contribution in [-0.2, 0) is 17.6 Å². The van der Waals surface area contributed by atoms with Gasteiger partial charge in [0.2, 0.25) is 0 Å². The Morgan fingerprint density at radius 3 is 2.41 bits per heavy atom. The number of fused-ring (bicyclic) bond motifs is 9. The van der Waals surface area contributed by atoms with Gasteiger partial charge in [-0.25, -0.2) is 0 Å². The lowest BCUT2D eigenvalue weighted by Crippen LogP contribution is -2.29. The predicted molar refractivity (Wildman–Crippen MR) is 134 cm³/mol. The largest absolute Gasteiger partial charge is 0.382 e. The summed E-state index contributed by atoms with van der Waals surface area (Å²) in [6.45, 7) is 6.76. The van der Waals surface area contributed by atoms with E-state index in [4.69, 9.17) is 4.74 Å². The van der Waals surface area contributed by atoms with Crippen molar-refractivity contribution >= 4 is 16.6 Å². The van der Waals surface area contributed by atoms with Gasteiger partial charge in [0.25, 0.3) is 0 Å². The molecule has 0 radical (unpaired) electrons. The second-order valence-corrected chi connectivity index (χ2v) is 8.55. The molecule has 4 aromatic rings. The van der Waals surface area contributed by atoms with Crippen molar-refractivity contribution < 1.29 is 4.74 Å². The Hall–Kier alpha value is -3.04. The summed E-state index contributed by atoms with van der Waals surface area (Å²) in [5.41, 5.74) is 9.87. The van der Waals surface area contributed by atoms with Crippen LogP contribution in [0.1, 0.15) is 54.3 Å². The zero-order valence-corrected chi connectivity index (χ0v) is 19.1. The van der Waals surface area contributed by atoms with Crippen LogP contribution >= 0.6 is 0 Å². The molecular formula is C29H32N2O. The van der Waals surface area contributed by atoms with E-state index in [2.05, 4.69) is 82.7 Å². The van der Waals surface area contributed by atoms with Crippen LogP contribution in [0.2, 0.25) is 0 Å². The summed E-state index contributed by atoms with van der Waals surface area (Å²) in [7, 11) is 0. The number of nitrogens with zero attached hydrogens (tertiary/aromatic N) is 1. The van der Waals surface area contributed by atoms with E-state index in [1.807, 2.05) is 13.8 Å². The van der Waals surface area contributed by atoms with Gasteiger partial charge in [-0.1, -0.05) is 60.7 Å². The molecule has 0 fully saturated rings. The number of aromatic amines is 1. The molecule has 0 spiro atoms.